The fourth-order valence-electron chi connectivity index (χ4n) is 3.89. The molecule has 168 valence electrons. The third kappa shape index (κ3) is 6.03. The van der Waals surface area contributed by atoms with E-state index in [2.05, 4.69) is 45.7 Å². The van der Waals surface area contributed by atoms with Crippen LogP contribution in [0.2, 0.25) is 0 Å². The first-order chi connectivity index (χ1) is 14.8. The predicted octanol–water partition coefficient (Wildman–Crippen LogP) is 3.09. The van der Waals surface area contributed by atoms with Gasteiger partial charge in [0.05, 0.1) is 9.82 Å². The number of hydrogen-bond donors (Lipinski definition) is 1. The van der Waals surface area contributed by atoms with Crippen molar-refractivity contribution in [3.8, 4) is 0 Å². The maximum atomic E-state index is 12.5. The summed E-state index contributed by atoms with van der Waals surface area (Å²) in [4.78, 5) is 15.3. The lowest BCUT2D eigenvalue weighted by Crippen LogP contribution is -2.46. The average Bonchev–Trinajstić information content (AvgIpc) is 2.73. The van der Waals surface area contributed by atoms with Crippen LogP contribution in [0.25, 0.3) is 0 Å². The van der Waals surface area contributed by atoms with Crippen molar-refractivity contribution in [1.82, 2.24) is 9.62 Å². The van der Waals surface area contributed by atoms with E-state index < -0.39 is 14.9 Å². The smallest absolute Gasteiger partial charge is 0.273 e. The minimum absolute atomic E-state index is 0.0334. The second kappa shape index (κ2) is 10.2. The van der Waals surface area contributed by atoms with Crippen LogP contribution >= 0.6 is 0 Å². The predicted molar refractivity (Wildman–Crippen MR) is 122 cm³/mol. The number of benzene rings is 2. The van der Waals surface area contributed by atoms with Gasteiger partial charge in [-0.3, -0.25) is 15.0 Å². The van der Waals surface area contributed by atoms with Crippen molar-refractivity contribution in [2.45, 2.75) is 31.6 Å². The highest BCUT2D eigenvalue weighted by atomic mass is 32.2. The Labute approximate surface area is 184 Å². The van der Waals surface area contributed by atoms with Gasteiger partial charge in [-0.25, -0.2) is 13.1 Å². The summed E-state index contributed by atoms with van der Waals surface area (Å²) < 4.78 is 27.7. The molecule has 0 radical (unpaired) electrons. The summed E-state index contributed by atoms with van der Waals surface area (Å²) in [7, 11) is -3.77. The van der Waals surface area contributed by atoms with Crippen LogP contribution in [0.4, 0.5) is 11.4 Å². The highest BCUT2D eigenvalue weighted by Crippen LogP contribution is 2.24. The molecule has 0 aliphatic carbocycles. The van der Waals surface area contributed by atoms with E-state index in [-0.39, 0.29) is 16.1 Å². The van der Waals surface area contributed by atoms with Gasteiger partial charge in [0.2, 0.25) is 10.0 Å². The van der Waals surface area contributed by atoms with E-state index in [0.717, 1.165) is 39.1 Å². The van der Waals surface area contributed by atoms with E-state index in [1.165, 1.54) is 36.4 Å². The fourth-order valence-corrected chi connectivity index (χ4v) is 5.22. The van der Waals surface area contributed by atoms with E-state index >= 15 is 0 Å². The van der Waals surface area contributed by atoms with E-state index in [0.29, 0.717) is 13.0 Å². The molecule has 0 bridgehead atoms. The van der Waals surface area contributed by atoms with Crippen LogP contribution in [0.5, 0.6) is 0 Å². The van der Waals surface area contributed by atoms with Gasteiger partial charge in [0.1, 0.15) is 0 Å². The first-order valence-electron chi connectivity index (χ1n) is 10.6. The number of piperazine rings is 1. The summed E-state index contributed by atoms with van der Waals surface area (Å²) >= 11 is 0. The zero-order valence-corrected chi connectivity index (χ0v) is 18.9. The number of anilines is 1. The summed E-state index contributed by atoms with van der Waals surface area (Å²) in [5.41, 5.74) is 2.51. The summed E-state index contributed by atoms with van der Waals surface area (Å²) in [5.74, 6) is 0. The second-order valence-corrected chi connectivity index (χ2v) is 9.67. The van der Waals surface area contributed by atoms with Crippen molar-refractivity contribution in [3.05, 3.63) is 63.7 Å². The van der Waals surface area contributed by atoms with Crippen LogP contribution < -0.4 is 9.62 Å². The normalized spacial score (nSPS) is 15.2. The SMILES string of the molecule is Cc1cccc(N2CCN(CCCCNS(=O)(=O)c3cccc([N+](=O)[O-])c3C)CC2)c1. The topological polar surface area (TPSA) is 95.8 Å². The molecule has 1 saturated heterocycles. The number of nitrogens with one attached hydrogen (secondary N) is 1. The van der Waals surface area contributed by atoms with Crippen molar-refractivity contribution in [3.63, 3.8) is 0 Å². The lowest BCUT2D eigenvalue weighted by molar-refractivity contribution is -0.385. The van der Waals surface area contributed by atoms with Gasteiger partial charge in [0.15, 0.2) is 0 Å². The fraction of sp³-hybridized carbons (Fsp3) is 0.455. The molecule has 9 heteroatoms. The molecule has 0 amide bonds. The zero-order valence-electron chi connectivity index (χ0n) is 18.1. The molecule has 1 heterocycles. The van der Waals surface area contributed by atoms with Gasteiger partial charge in [-0.05, 0) is 57.0 Å². The van der Waals surface area contributed by atoms with E-state index in [1.807, 2.05) is 0 Å². The van der Waals surface area contributed by atoms with Crippen LogP contribution in [0.15, 0.2) is 47.4 Å². The standard InChI is InChI=1S/C22H30N4O4S/c1-18-7-5-8-20(17-18)25-15-13-24(14-16-25)12-4-3-11-23-31(29,30)22-10-6-9-21(19(22)2)26(27)28/h5-10,17,23H,3-4,11-16H2,1-2H3. The van der Waals surface area contributed by atoms with Crippen LogP contribution in [-0.2, 0) is 10.0 Å². The molecule has 1 fully saturated rings. The highest BCUT2D eigenvalue weighted by molar-refractivity contribution is 7.89. The van der Waals surface area contributed by atoms with E-state index in [1.54, 1.807) is 0 Å². The third-order valence-corrected chi connectivity index (χ3v) is 7.28. The van der Waals surface area contributed by atoms with E-state index in [4.69, 9.17) is 0 Å². The Morgan fingerprint density at radius 1 is 1.03 bits per heavy atom. The van der Waals surface area contributed by atoms with Gasteiger partial charge in [0, 0.05) is 50.0 Å². The molecule has 1 aliphatic heterocycles. The number of rotatable bonds is 9. The number of hydrogen-bond acceptors (Lipinski definition) is 6. The molecule has 0 saturated carbocycles. The molecule has 0 unspecified atom stereocenters. The molecular weight excluding hydrogens is 416 g/mol. The van der Waals surface area contributed by atoms with Crippen LogP contribution in [-0.4, -0.2) is 57.5 Å². The Balaban J connectivity index is 1.41. The maximum Gasteiger partial charge on any atom is 0.273 e. The largest absolute Gasteiger partial charge is 0.369 e. The molecule has 0 atom stereocenters. The summed E-state index contributed by atoms with van der Waals surface area (Å²) in [6.45, 7) is 8.77. The first-order valence-corrected chi connectivity index (χ1v) is 12.0. The number of aryl methyl sites for hydroxylation is 1. The molecule has 1 N–H and O–H groups in total. The number of nitro benzene ring substituents is 1. The maximum absolute atomic E-state index is 12.5. The molecular formula is C22H30N4O4S. The zero-order chi connectivity index (χ0) is 22.4. The minimum atomic E-state index is -3.77. The third-order valence-electron chi connectivity index (χ3n) is 5.67. The van der Waals surface area contributed by atoms with Gasteiger partial charge < -0.3 is 4.90 Å². The van der Waals surface area contributed by atoms with Crippen LogP contribution in [0.1, 0.15) is 24.0 Å². The number of nitro groups is 1. The Morgan fingerprint density at radius 2 is 1.74 bits per heavy atom. The second-order valence-electron chi connectivity index (χ2n) is 7.93. The Morgan fingerprint density at radius 3 is 2.42 bits per heavy atom. The minimum Gasteiger partial charge on any atom is -0.369 e. The lowest BCUT2D eigenvalue weighted by Gasteiger charge is -2.36. The van der Waals surface area contributed by atoms with Crippen molar-refractivity contribution in [2.24, 2.45) is 0 Å². The Bertz CT molecular complexity index is 1020. The molecule has 2 aromatic carbocycles. The summed E-state index contributed by atoms with van der Waals surface area (Å²) in [6.07, 6.45) is 1.60. The quantitative estimate of drug-likeness (QED) is 0.361. The summed E-state index contributed by atoms with van der Waals surface area (Å²) in [5, 5.41) is 11.0. The van der Waals surface area contributed by atoms with Crippen LogP contribution in [0.3, 0.4) is 0 Å². The monoisotopic (exact) mass is 446 g/mol. The number of nitrogens with zero attached hydrogens (tertiary/aromatic N) is 3. The summed E-state index contributed by atoms with van der Waals surface area (Å²) in [6, 6.07) is 12.7. The van der Waals surface area contributed by atoms with Crippen molar-refractivity contribution < 1.29 is 13.3 Å². The van der Waals surface area contributed by atoms with Gasteiger partial charge in [-0.1, -0.05) is 18.2 Å². The lowest BCUT2D eigenvalue weighted by atomic mass is 10.2. The van der Waals surface area contributed by atoms with Crippen LogP contribution in [0, 0.1) is 24.0 Å². The van der Waals surface area contributed by atoms with Crippen molar-refractivity contribution in [2.75, 3.05) is 44.2 Å². The molecule has 0 spiro atoms. The first kappa shape index (κ1) is 23.2. The number of sulfonamides is 1. The van der Waals surface area contributed by atoms with E-state index in [9.17, 15) is 18.5 Å². The Kier molecular flexibility index (Phi) is 7.64. The van der Waals surface area contributed by atoms with Crippen molar-refractivity contribution >= 4 is 21.4 Å². The molecule has 1 aliphatic rings. The number of unbranched alkanes of at least 4 members (excludes halogenated alkanes) is 1. The highest BCUT2D eigenvalue weighted by Gasteiger charge is 2.22. The van der Waals surface area contributed by atoms with Gasteiger partial charge in [-0.15, -0.1) is 0 Å². The molecule has 31 heavy (non-hydrogen) atoms. The Hall–Kier alpha value is -2.49. The molecule has 3 rings (SSSR count). The molecule has 8 nitrogen and oxygen atoms in total. The molecule has 0 aromatic heterocycles. The van der Waals surface area contributed by atoms with Gasteiger partial charge in [0.25, 0.3) is 5.69 Å². The molecule has 2 aromatic rings. The van der Waals surface area contributed by atoms with Gasteiger partial charge in [-0.2, -0.15) is 0 Å². The van der Waals surface area contributed by atoms with Gasteiger partial charge >= 0.3 is 0 Å². The van der Waals surface area contributed by atoms with Crippen molar-refractivity contribution in [1.29, 1.82) is 0 Å². The average molecular weight is 447 g/mol.